The van der Waals surface area contributed by atoms with E-state index in [0.717, 1.165) is 6.42 Å². The number of hydrogen-bond acceptors (Lipinski definition) is 1. The quantitative estimate of drug-likeness (QED) is 0.699. The first kappa shape index (κ1) is 10.0. The van der Waals surface area contributed by atoms with Crippen molar-refractivity contribution in [3.05, 3.63) is 48.6 Å². The van der Waals surface area contributed by atoms with Crippen molar-refractivity contribution in [3.8, 4) is 0 Å². The lowest BCUT2D eigenvalue weighted by Crippen LogP contribution is -2.13. The van der Waals surface area contributed by atoms with E-state index in [-0.39, 0.29) is 12.0 Å². The van der Waals surface area contributed by atoms with Crippen LogP contribution in [-0.2, 0) is 0 Å². The highest BCUT2D eigenvalue weighted by Gasteiger charge is 2.14. The Labute approximate surface area is 79.7 Å². The van der Waals surface area contributed by atoms with Gasteiger partial charge in [0.05, 0.1) is 6.10 Å². The van der Waals surface area contributed by atoms with Gasteiger partial charge < -0.3 is 5.11 Å². The molecule has 1 N–H and O–H groups in total. The smallest absolute Gasteiger partial charge is 0.0583 e. The molecule has 1 aromatic carbocycles. The van der Waals surface area contributed by atoms with Crippen LogP contribution in [0.15, 0.2) is 43.0 Å². The minimum absolute atomic E-state index is 0.179. The third-order valence-corrected chi connectivity index (χ3v) is 2.23. The van der Waals surface area contributed by atoms with Crippen molar-refractivity contribution in [2.45, 2.75) is 25.4 Å². The highest BCUT2D eigenvalue weighted by Crippen LogP contribution is 2.23. The Morgan fingerprint density at radius 2 is 2.00 bits per heavy atom. The number of aliphatic hydroxyl groups excluding tert-OH is 1. The zero-order valence-corrected chi connectivity index (χ0v) is 7.98. The fraction of sp³-hybridized carbons (Fsp3) is 0.333. The molecule has 0 saturated carbocycles. The molecule has 0 aliphatic carbocycles. The van der Waals surface area contributed by atoms with E-state index in [2.05, 4.69) is 6.58 Å². The number of hydrogen-bond donors (Lipinski definition) is 1. The molecule has 2 atom stereocenters. The number of aliphatic hydroxyl groups is 1. The molecule has 0 aliphatic rings. The van der Waals surface area contributed by atoms with E-state index in [9.17, 15) is 5.11 Å². The van der Waals surface area contributed by atoms with Crippen molar-refractivity contribution in [2.24, 2.45) is 0 Å². The summed E-state index contributed by atoms with van der Waals surface area (Å²) in [5.74, 6) is 0.179. The van der Waals surface area contributed by atoms with Gasteiger partial charge in [0.25, 0.3) is 0 Å². The average Bonchev–Trinajstić information content (AvgIpc) is 2.15. The van der Waals surface area contributed by atoms with Gasteiger partial charge in [-0.25, -0.2) is 0 Å². The van der Waals surface area contributed by atoms with Gasteiger partial charge in [-0.15, -0.1) is 6.58 Å². The maximum absolute atomic E-state index is 9.55. The summed E-state index contributed by atoms with van der Waals surface area (Å²) >= 11 is 0. The number of benzene rings is 1. The van der Waals surface area contributed by atoms with Crippen molar-refractivity contribution in [1.29, 1.82) is 0 Å². The molecule has 0 aliphatic heterocycles. The Balaban J connectivity index is 2.82. The minimum atomic E-state index is -0.319. The second kappa shape index (κ2) is 4.83. The normalized spacial score (nSPS) is 14.9. The molecule has 1 nitrogen and oxygen atoms in total. The maximum atomic E-state index is 9.55. The van der Waals surface area contributed by atoms with E-state index >= 15 is 0 Å². The Kier molecular flexibility index (Phi) is 3.71. The first-order valence-corrected chi connectivity index (χ1v) is 4.59. The van der Waals surface area contributed by atoms with E-state index in [1.807, 2.05) is 43.3 Å². The van der Waals surface area contributed by atoms with Gasteiger partial charge in [0.1, 0.15) is 0 Å². The van der Waals surface area contributed by atoms with Gasteiger partial charge in [0.2, 0.25) is 0 Å². The molecule has 0 saturated heterocycles. The first-order valence-electron chi connectivity index (χ1n) is 4.59. The van der Waals surface area contributed by atoms with Crippen LogP contribution in [0.5, 0.6) is 0 Å². The van der Waals surface area contributed by atoms with Gasteiger partial charge in [-0.2, -0.15) is 0 Å². The van der Waals surface area contributed by atoms with Crippen LogP contribution in [-0.4, -0.2) is 11.2 Å². The summed E-state index contributed by atoms with van der Waals surface area (Å²) in [5, 5.41) is 9.55. The SMILES string of the molecule is C=CC[C@@H](c1ccccc1)[C@@H](C)O. The molecule has 0 aromatic heterocycles. The Morgan fingerprint density at radius 1 is 1.38 bits per heavy atom. The fourth-order valence-electron chi connectivity index (χ4n) is 1.49. The van der Waals surface area contributed by atoms with E-state index in [1.54, 1.807) is 0 Å². The molecule has 1 heteroatoms. The predicted octanol–water partition coefficient (Wildman–Crippen LogP) is 2.73. The largest absolute Gasteiger partial charge is 0.393 e. The van der Waals surface area contributed by atoms with Crippen LogP contribution in [0.2, 0.25) is 0 Å². The molecule has 0 unspecified atom stereocenters. The summed E-state index contributed by atoms with van der Waals surface area (Å²) in [7, 11) is 0. The summed E-state index contributed by atoms with van der Waals surface area (Å²) in [4.78, 5) is 0. The van der Waals surface area contributed by atoms with Crippen LogP contribution in [0.3, 0.4) is 0 Å². The van der Waals surface area contributed by atoms with Crippen molar-refractivity contribution in [2.75, 3.05) is 0 Å². The van der Waals surface area contributed by atoms with E-state index in [1.165, 1.54) is 5.56 Å². The molecular weight excluding hydrogens is 160 g/mol. The summed E-state index contributed by atoms with van der Waals surface area (Å²) in [6.45, 7) is 5.52. The second-order valence-electron chi connectivity index (χ2n) is 3.28. The summed E-state index contributed by atoms with van der Waals surface area (Å²) < 4.78 is 0. The maximum Gasteiger partial charge on any atom is 0.0583 e. The molecule has 1 rings (SSSR count). The monoisotopic (exact) mass is 176 g/mol. The van der Waals surface area contributed by atoms with E-state index in [0.29, 0.717) is 0 Å². The molecule has 1 aromatic rings. The van der Waals surface area contributed by atoms with Crippen molar-refractivity contribution >= 4 is 0 Å². The molecular formula is C12H16O. The summed E-state index contributed by atoms with van der Waals surface area (Å²) in [6, 6.07) is 10.1. The summed E-state index contributed by atoms with van der Waals surface area (Å²) in [5.41, 5.74) is 1.18. The Hall–Kier alpha value is -1.08. The average molecular weight is 176 g/mol. The minimum Gasteiger partial charge on any atom is -0.393 e. The molecule has 0 spiro atoms. The van der Waals surface area contributed by atoms with Crippen molar-refractivity contribution in [1.82, 2.24) is 0 Å². The molecule has 0 radical (unpaired) electrons. The fourth-order valence-corrected chi connectivity index (χ4v) is 1.49. The third kappa shape index (κ3) is 2.71. The van der Waals surface area contributed by atoms with Crippen LogP contribution < -0.4 is 0 Å². The molecule has 0 heterocycles. The lowest BCUT2D eigenvalue weighted by molar-refractivity contribution is 0.162. The van der Waals surface area contributed by atoms with Gasteiger partial charge in [-0.3, -0.25) is 0 Å². The molecule has 0 bridgehead atoms. The Bertz CT molecular complexity index is 251. The zero-order valence-electron chi connectivity index (χ0n) is 7.98. The van der Waals surface area contributed by atoms with Gasteiger partial charge in [-0.05, 0) is 18.9 Å². The van der Waals surface area contributed by atoms with Gasteiger partial charge in [0, 0.05) is 5.92 Å². The highest BCUT2D eigenvalue weighted by atomic mass is 16.3. The van der Waals surface area contributed by atoms with Crippen molar-refractivity contribution in [3.63, 3.8) is 0 Å². The van der Waals surface area contributed by atoms with Crippen molar-refractivity contribution < 1.29 is 5.11 Å². The van der Waals surface area contributed by atoms with Crippen LogP contribution in [0, 0.1) is 0 Å². The second-order valence-corrected chi connectivity index (χ2v) is 3.28. The Morgan fingerprint density at radius 3 is 2.46 bits per heavy atom. The molecule has 0 amide bonds. The summed E-state index contributed by atoms with van der Waals surface area (Å²) in [6.07, 6.45) is 2.35. The van der Waals surface area contributed by atoms with Gasteiger partial charge in [0.15, 0.2) is 0 Å². The lowest BCUT2D eigenvalue weighted by atomic mass is 9.91. The molecule has 70 valence electrons. The number of rotatable bonds is 4. The molecule has 13 heavy (non-hydrogen) atoms. The van der Waals surface area contributed by atoms with Crippen LogP contribution in [0.25, 0.3) is 0 Å². The van der Waals surface area contributed by atoms with Gasteiger partial charge >= 0.3 is 0 Å². The third-order valence-electron chi connectivity index (χ3n) is 2.23. The predicted molar refractivity (Wildman–Crippen MR) is 55.7 cm³/mol. The van der Waals surface area contributed by atoms with E-state index < -0.39 is 0 Å². The van der Waals surface area contributed by atoms with Crippen LogP contribution in [0.4, 0.5) is 0 Å². The van der Waals surface area contributed by atoms with E-state index in [4.69, 9.17) is 0 Å². The highest BCUT2D eigenvalue weighted by molar-refractivity contribution is 5.21. The molecule has 0 fully saturated rings. The standard InChI is InChI=1S/C12H16O/c1-3-7-12(10(2)13)11-8-5-4-6-9-11/h3-6,8-10,12-13H,1,7H2,2H3/t10-,12-/m1/s1. The van der Waals surface area contributed by atoms with Crippen LogP contribution >= 0.6 is 0 Å². The lowest BCUT2D eigenvalue weighted by Gasteiger charge is -2.18. The topological polar surface area (TPSA) is 20.2 Å². The number of allylic oxidation sites excluding steroid dienone is 1. The first-order chi connectivity index (χ1) is 6.25. The van der Waals surface area contributed by atoms with Gasteiger partial charge in [-0.1, -0.05) is 36.4 Å². The van der Waals surface area contributed by atoms with Crippen LogP contribution in [0.1, 0.15) is 24.8 Å². The zero-order chi connectivity index (χ0) is 9.68.